The summed E-state index contributed by atoms with van der Waals surface area (Å²) in [6.07, 6.45) is -0.0163. The van der Waals surface area contributed by atoms with Crippen LogP contribution in [0.25, 0.3) is 0 Å². The molecule has 6 nitrogen and oxygen atoms in total. The van der Waals surface area contributed by atoms with Gasteiger partial charge in [-0.1, -0.05) is 6.07 Å². The van der Waals surface area contributed by atoms with Crippen molar-refractivity contribution in [3.8, 4) is 0 Å². The number of amides is 1. The van der Waals surface area contributed by atoms with E-state index in [1.54, 1.807) is 27.0 Å². The molecule has 19 heavy (non-hydrogen) atoms. The Balaban J connectivity index is 2.94. The molecule has 0 aliphatic carbocycles. The highest BCUT2D eigenvalue weighted by Crippen LogP contribution is 2.22. The second kappa shape index (κ2) is 6.29. The predicted molar refractivity (Wildman–Crippen MR) is 71.1 cm³/mol. The van der Waals surface area contributed by atoms with Gasteiger partial charge >= 0.3 is 0 Å². The lowest BCUT2D eigenvalue weighted by atomic mass is 10.1. The highest BCUT2D eigenvalue weighted by atomic mass is 16.6. The third kappa shape index (κ3) is 3.75. The summed E-state index contributed by atoms with van der Waals surface area (Å²) < 4.78 is 0. The summed E-state index contributed by atoms with van der Waals surface area (Å²) in [7, 11) is 1.61. The van der Waals surface area contributed by atoms with Gasteiger partial charge in [-0.2, -0.15) is 0 Å². The van der Waals surface area contributed by atoms with Crippen molar-refractivity contribution >= 4 is 11.6 Å². The zero-order chi connectivity index (χ0) is 14.6. The van der Waals surface area contributed by atoms with Gasteiger partial charge < -0.3 is 10.0 Å². The molecule has 1 amide bonds. The molecule has 0 radical (unpaired) electrons. The predicted octanol–water partition coefficient (Wildman–Crippen LogP) is 1.75. The van der Waals surface area contributed by atoms with Gasteiger partial charge in [0.1, 0.15) is 0 Å². The molecule has 104 valence electrons. The van der Waals surface area contributed by atoms with E-state index in [0.29, 0.717) is 24.1 Å². The van der Waals surface area contributed by atoms with Crippen LogP contribution in [0.15, 0.2) is 18.2 Å². The van der Waals surface area contributed by atoms with Crippen molar-refractivity contribution in [3.63, 3.8) is 0 Å². The second-order valence-corrected chi connectivity index (χ2v) is 4.57. The van der Waals surface area contributed by atoms with Crippen molar-refractivity contribution in [2.75, 3.05) is 13.6 Å². The standard InChI is InChI=1S/C13H18N2O4/c1-9(16)7-8-14(3)13(17)11-5-4-6-12(10(11)2)15(18)19/h4-6,9,16H,7-8H2,1-3H3. The number of carbonyl (C=O) groups excluding carboxylic acids is 1. The van der Waals surface area contributed by atoms with Gasteiger partial charge in [0.15, 0.2) is 0 Å². The van der Waals surface area contributed by atoms with Crippen molar-refractivity contribution in [1.29, 1.82) is 0 Å². The smallest absolute Gasteiger partial charge is 0.273 e. The maximum absolute atomic E-state index is 12.2. The van der Waals surface area contributed by atoms with Crippen LogP contribution in [0.3, 0.4) is 0 Å². The molecule has 0 spiro atoms. The van der Waals surface area contributed by atoms with Crippen LogP contribution in [0.4, 0.5) is 5.69 Å². The highest BCUT2D eigenvalue weighted by Gasteiger charge is 2.20. The fourth-order valence-electron chi connectivity index (χ4n) is 1.74. The van der Waals surface area contributed by atoms with E-state index in [1.807, 2.05) is 0 Å². The first-order chi connectivity index (χ1) is 8.84. The number of nitro benzene ring substituents is 1. The average molecular weight is 266 g/mol. The molecule has 1 rings (SSSR count). The normalized spacial score (nSPS) is 12.0. The monoisotopic (exact) mass is 266 g/mol. The number of hydrogen-bond acceptors (Lipinski definition) is 4. The maximum atomic E-state index is 12.2. The molecule has 1 aromatic rings. The molecule has 1 aromatic carbocycles. The van der Waals surface area contributed by atoms with Gasteiger partial charge in [-0.05, 0) is 26.3 Å². The van der Waals surface area contributed by atoms with E-state index in [-0.39, 0.29) is 11.6 Å². The van der Waals surface area contributed by atoms with Gasteiger partial charge in [0.05, 0.1) is 11.0 Å². The lowest BCUT2D eigenvalue weighted by molar-refractivity contribution is -0.385. The molecule has 0 saturated heterocycles. The lowest BCUT2D eigenvalue weighted by Crippen LogP contribution is -2.30. The fourth-order valence-corrected chi connectivity index (χ4v) is 1.74. The highest BCUT2D eigenvalue weighted by molar-refractivity contribution is 5.96. The first-order valence-corrected chi connectivity index (χ1v) is 6.02. The molecule has 1 unspecified atom stereocenters. The number of carbonyl (C=O) groups is 1. The molecule has 0 heterocycles. The summed E-state index contributed by atoms with van der Waals surface area (Å²) in [5, 5.41) is 20.0. The number of nitro groups is 1. The minimum absolute atomic E-state index is 0.0604. The zero-order valence-electron chi connectivity index (χ0n) is 11.3. The number of benzene rings is 1. The Kier molecular flexibility index (Phi) is 5.00. The number of rotatable bonds is 5. The summed E-state index contributed by atoms with van der Waals surface area (Å²) in [4.78, 5) is 24.0. The number of nitrogens with zero attached hydrogens (tertiary/aromatic N) is 2. The maximum Gasteiger partial charge on any atom is 0.273 e. The average Bonchev–Trinajstić information content (AvgIpc) is 2.34. The Bertz CT molecular complexity index is 486. The number of aliphatic hydroxyl groups excluding tert-OH is 1. The van der Waals surface area contributed by atoms with Crippen molar-refractivity contribution in [2.24, 2.45) is 0 Å². The van der Waals surface area contributed by atoms with E-state index in [9.17, 15) is 20.0 Å². The van der Waals surface area contributed by atoms with Crippen LogP contribution in [0.1, 0.15) is 29.3 Å². The number of hydrogen-bond donors (Lipinski definition) is 1. The van der Waals surface area contributed by atoms with Crippen LogP contribution < -0.4 is 0 Å². The van der Waals surface area contributed by atoms with Crippen LogP contribution in [0, 0.1) is 17.0 Å². The van der Waals surface area contributed by atoms with Gasteiger partial charge in [0, 0.05) is 30.8 Å². The third-order valence-electron chi connectivity index (χ3n) is 2.96. The van der Waals surface area contributed by atoms with Crippen LogP contribution >= 0.6 is 0 Å². The first kappa shape index (κ1) is 15.1. The third-order valence-corrected chi connectivity index (χ3v) is 2.96. The Morgan fingerprint density at radius 1 is 1.53 bits per heavy atom. The summed E-state index contributed by atoms with van der Waals surface area (Å²) in [6, 6.07) is 4.45. The fraction of sp³-hybridized carbons (Fsp3) is 0.462. The van der Waals surface area contributed by atoms with Gasteiger partial charge in [0.25, 0.3) is 11.6 Å². The minimum Gasteiger partial charge on any atom is -0.393 e. The zero-order valence-corrected chi connectivity index (χ0v) is 11.3. The van der Waals surface area contributed by atoms with Gasteiger partial charge in [-0.3, -0.25) is 14.9 Å². The van der Waals surface area contributed by atoms with E-state index in [1.165, 1.54) is 17.0 Å². The van der Waals surface area contributed by atoms with Crippen LogP contribution in [0.2, 0.25) is 0 Å². The molecule has 1 atom stereocenters. The SMILES string of the molecule is Cc1c(C(=O)N(C)CCC(C)O)cccc1[N+](=O)[O-]. The van der Waals surface area contributed by atoms with E-state index in [2.05, 4.69) is 0 Å². The largest absolute Gasteiger partial charge is 0.393 e. The summed E-state index contributed by atoms with van der Waals surface area (Å²) in [6.45, 7) is 3.61. The molecule has 0 fully saturated rings. The topological polar surface area (TPSA) is 83.7 Å². The second-order valence-electron chi connectivity index (χ2n) is 4.57. The number of aliphatic hydroxyl groups is 1. The quantitative estimate of drug-likeness (QED) is 0.650. The molecule has 6 heteroatoms. The summed E-state index contributed by atoms with van der Waals surface area (Å²) >= 11 is 0. The van der Waals surface area contributed by atoms with E-state index < -0.39 is 11.0 Å². The van der Waals surface area contributed by atoms with E-state index in [0.717, 1.165) is 0 Å². The Labute approximate surface area is 111 Å². The van der Waals surface area contributed by atoms with Crippen molar-refractivity contribution in [3.05, 3.63) is 39.4 Å². The first-order valence-electron chi connectivity index (χ1n) is 6.02. The molecule has 0 saturated carbocycles. The van der Waals surface area contributed by atoms with Gasteiger partial charge in [0.2, 0.25) is 0 Å². The molecule has 1 N–H and O–H groups in total. The van der Waals surface area contributed by atoms with Crippen molar-refractivity contribution < 1.29 is 14.8 Å². The molecule has 0 aliphatic heterocycles. The van der Waals surface area contributed by atoms with Crippen LogP contribution in [-0.4, -0.2) is 40.5 Å². The molecule has 0 aromatic heterocycles. The van der Waals surface area contributed by atoms with E-state index >= 15 is 0 Å². The molecule has 0 aliphatic rings. The minimum atomic E-state index is -0.498. The summed E-state index contributed by atoms with van der Waals surface area (Å²) in [5.41, 5.74) is 0.624. The molecular weight excluding hydrogens is 248 g/mol. The lowest BCUT2D eigenvalue weighted by Gasteiger charge is -2.19. The van der Waals surface area contributed by atoms with Gasteiger partial charge in [-0.15, -0.1) is 0 Å². The van der Waals surface area contributed by atoms with Crippen LogP contribution in [-0.2, 0) is 0 Å². The van der Waals surface area contributed by atoms with Crippen molar-refractivity contribution in [1.82, 2.24) is 4.90 Å². The Hall–Kier alpha value is -1.95. The van der Waals surface area contributed by atoms with E-state index in [4.69, 9.17) is 0 Å². The summed E-state index contributed by atoms with van der Waals surface area (Å²) in [5.74, 6) is -0.276. The molecule has 0 bridgehead atoms. The Morgan fingerprint density at radius 2 is 2.16 bits per heavy atom. The van der Waals surface area contributed by atoms with Crippen molar-refractivity contribution in [2.45, 2.75) is 26.4 Å². The molecular formula is C13H18N2O4. The van der Waals surface area contributed by atoms with Crippen LogP contribution in [0.5, 0.6) is 0 Å². The van der Waals surface area contributed by atoms with Gasteiger partial charge in [-0.25, -0.2) is 0 Å². The Morgan fingerprint density at radius 3 is 2.68 bits per heavy atom.